The fourth-order valence-electron chi connectivity index (χ4n) is 3.52. The molecule has 23 heavy (non-hydrogen) atoms. The van der Waals surface area contributed by atoms with E-state index >= 15 is 0 Å². The highest BCUT2D eigenvalue weighted by Gasteiger charge is 2.58. The monoisotopic (exact) mass is 308 g/mol. The second-order valence-corrected chi connectivity index (χ2v) is 5.80. The van der Waals surface area contributed by atoms with Crippen LogP contribution in [0.25, 0.3) is 0 Å². The molecule has 5 nitrogen and oxygen atoms in total. The van der Waals surface area contributed by atoms with Crippen LogP contribution in [0.3, 0.4) is 0 Å². The molecular formula is C18H16N2O3. The summed E-state index contributed by atoms with van der Waals surface area (Å²) in [6, 6.07) is 15.0. The van der Waals surface area contributed by atoms with E-state index in [1.54, 1.807) is 11.9 Å². The van der Waals surface area contributed by atoms with Crippen LogP contribution in [0, 0.1) is 0 Å². The van der Waals surface area contributed by atoms with Gasteiger partial charge in [-0.2, -0.15) is 0 Å². The second-order valence-electron chi connectivity index (χ2n) is 5.80. The maximum atomic E-state index is 13.1. The van der Waals surface area contributed by atoms with Crippen molar-refractivity contribution in [2.45, 2.75) is 19.3 Å². The van der Waals surface area contributed by atoms with Gasteiger partial charge in [0.25, 0.3) is 11.6 Å². The quantitative estimate of drug-likeness (QED) is 0.751. The Morgan fingerprint density at radius 3 is 2.48 bits per heavy atom. The number of benzene rings is 2. The highest BCUT2D eigenvalue weighted by atomic mass is 16.5. The van der Waals surface area contributed by atoms with Crippen molar-refractivity contribution in [1.82, 2.24) is 0 Å². The molecule has 0 bridgehead atoms. The molecule has 0 aliphatic carbocycles. The number of hydrogen-bond donors (Lipinski definition) is 0. The van der Waals surface area contributed by atoms with E-state index in [9.17, 15) is 9.59 Å². The van der Waals surface area contributed by atoms with Crippen molar-refractivity contribution in [3.8, 4) is 0 Å². The SMILES string of the molecule is CC(=O)N1c2ccccc2CO[C@]12C(=O)N(C)c1ccccc12. The molecule has 4 rings (SSSR count). The van der Waals surface area contributed by atoms with Crippen LogP contribution in [0.2, 0.25) is 0 Å². The number of para-hydroxylation sites is 2. The summed E-state index contributed by atoms with van der Waals surface area (Å²) in [6.45, 7) is 1.75. The minimum absolute atomic E-state index is 0.226. The molecule has 1 atom stereocenters. The van der Waals surface area contributed by atoms with E-state index in [1.807, 2.05) is 48.5 Å². The number of nitrogens with zero attached hydrogens (tertiary/aromatic N) is 2. The Hall–Kier alpha value is -2.66. The lowest BCUT2D eigenvalue weighted by Gasteiger charge is -2.43. The number of carbonyl (C=O) groups excluding carboxylic acids is 2. The van der Waals surface area contributed by atoms with Crippen LogP contribution in [0.5, 0.6) is 0 Å². The maximum Gasteiger partial charge on any atom is 0.285 e. The summed E-state index contributed by atoms with van der Waals surface area (Å²) in [5.41, 5.74) is 1.68. The Morgan fingerprint density at radius 2 is 1.74 bits per heavy atom. The van der Waals surface area contributed by atoms with E-state index in [0.29, 0.717) is 5.56 Å². The van der Waals surface area contributed by atoms with E-state index in [4.69, 9.17) is 4.74 Å². The van der Waals surface area contributed by atoms with Crippen molar-refractivity contribution in [2.24, 2.45) is 0 Å². The number of likely N-dealkylation sites (N-methyl/N-ethyl adjacent to an activating group) is 1. The van der Waals surface area contributed by atoms with Crippen molar-refractivity contribution in [2.75, 3.05) is 16.8 Å². The predicted molar refractivity (Wildman–Crippen MR) is 85.9 cm³/mol. The van der Waals surface area contributed by atoms with Crippen molar-refractivity contribution >= 4 is 23.2 Å². The molecule has 2 aliphatic heterocycles. The number of amides is 2. The Kier molecular flexibility index (Phi) is 2.83. The Morgan fingerprint density at radius 1 is 1.09 bits per heavy atom. The van der Waals surface area contributed by atoms with Gasteiger partial charge in [0.1, 0.15) is 0 Å². The lowest BCUT2D eigenvalue weighted by atomic mass is 9.97. The van der Waals surface area contributed by atoms with Crippen LogP contribution < -0.4 is 9.80 Å². The summed E-state index contributed by atoms with van der Waals surface area (Å²) in [5, 5.41) is 0. The summed E-state index contributed by atoms with van der Waals surface area (Å²) in [7, 11) is 1.71. The minimum Gasteiger partial charge on any atom is -0.338 e. The zero-order valence-corrected chi connectivity index (χ0v) is 12.9. The highest BCUT2D eigenvalue weighted by molar-refractivity contribution is 6.13. The lowest BCUT2D eigenvalue weighted by molar-refractivity contribution is -0.152. The highest BCUT2D eigenvalue weighted by Crippen LogP contribution is 2.49. The van der Waals surface area contributed by atoms with Gasteiger partial charge in [0, 0.05) is 25.1 Å². The average Bonchev–Trinajstić information content (AvgIpc) is 2.78. The summed E-state index contributed by atoms with van der Waals surface area (Å²) >= 11 is 0. The van der Waals surface area contributed by atoms with Gasteiger partial charge >= 0.3 is 0 Å². The van der Waals surface area contributed by atoms with Gasteiger partial charge < -0.3 is 9.64 Å². The topological polar surface area (TPSA) is 49.9 Å². The molecule has 2 aromatic carbocycles. The molecule has 5 heteroatoms. The minimum atomic E-state index is -1.41. The molecule has 0 saturated heterocycles. The zero-order valence-electron chi connectivity index (χ0n) is 12.9. The van der Waals surface area contributed by atoms with Crippen LogP contribution in [-0.4, -0.2) is 18.9 Å². The molecule has 1 spiro atoms. The first-order chi connectivity index (χ1) is 11.1. The first-order valence-corrected chi connectivity index (χ1v) is 7.47. The van der Waals surface area contributed by atoms with Crippen molar-refractivity contribution in [3.63, 3.8) is 0 Å². The van der Waals surface area contributed by atoms with Crippen LogP contribution in [-0.2, 0) is 26.7 Å². The number of rotatable bonds is 0. The smallest absolute Gasteiger partial charge is 0.285 e. The molecule has 0 saturated carbocycles. The Labute approximate surface area is 134 Å². The Balaban J connectivity index is 2.01. The summed E-state index contributed by atoms with van der Waals surface area (Å²) in [6.07, 6.45) is 0. The molecule has 2 heterocycles. The van der Waals surface area contributed by atoms with Gasteiger partial charge in [-0.15, -0.1) is 0 Å². The molecule has 116 valence electrons. The van der Waals surface area contributed by atoms with Gasteiger partial charge in [0.05, 0.1) is 18.0 Å². The van der Waals surface area contributed by atoms with Crippen LogP contribution in [0.4, 0.5) is 11.4 Å². The molecule has 0 N–H and O–H groups in total. The standard InChI is InChI=1S/C18H16N2O3/c1-12(21)20-15-9-5-3-7-13(15)11-23-18(20)14-8-4-6-10-16(14)19(2)17(18)22/h3-10H,11H2,1-2H3/t18-/m1/s1. The van der Waals surface area contributed by atoms with Gasteiger partial charge in [-0.3, -0.25) is 14.5 Å². The first kappa shape index (κ1) is 14.0. The molecule has 2 aliphatic rings. The number of carbonyl (C=O) groups is 2. The van der Waals surface area contributed by atoms with Gasteiger partial charge in [-0.25, -0.2) is 0 Å². The summed E-state index contributed by atoms with van der Waals surface area (Å²) < 4.78 is 6.05. The number of fused-ring (bicyclic) bond motifs is 3. The van der Waals surface area contributed by atoms with Gasteiger partial charge in [-0.1, -0.05) is 36.4 Å². The molecule has 0 fully saturated rings. The van der Waals surface area contributed by atoms with Crippen LogP contribution >= 0.6 is 0 Å². The second kappa shape index (κ2) is 4.67. The molecular weight excluding hydrogens is 292 g/mol. The fourth-order valence-corrected chi connectivity index (χ4v) is 3.52. The molecule has 2 aromatic rings. The van der Waals surface area contributed by atoms with Crippen molar-refractivity contribution in [1.29, 1.82) is 0 Å². The van der Waals surface area contributed by atoms with E-state index in [1.165, 1.54) is 11.8 Å². The average molecular weight is 308 g/mol. The first-order valence-electron chi connectivity index (χ1n) is 7.47. The van der Waals surface area contributed by atoms with Gasteiger partial charge in [-0.05, 0) is 12.1 Å². The molecule has 0 aromatic heterocycles. The van der Waals surface area contributed by atoms with E-state index < -0.39 is 5.72 Å². The normalized spacial score (nSPS) is 22.3. The molecule has 2 amide bonds. The van der Waals surface area contributed by atoms with Gasteiger partial charge in [0.15, 0.2) is 0 Å². The molecule has 0 unspecified atom stereocenters. The van der Waals surface area contributed by atoms with Crippen LogP contribution in [0.15, 0.2) is 48.5 Å². The van der Waals surface area contributed by atoms with E-state index in [2.05, 4.69) is 0 Å². The van der Waals surface area contributed by atoms with Gasteiger partial charge in [0.2, 0.25) is 5.91 Å². The van der Waals surface area contributed by atoms with Crippen molar-refractivity contribution < 1.29 is 14.3 Å². The number of anilines is 2. The van der Waals surface area contributed by atoms with E-state index in [-0.39, 0.29) is 18.4 Å². The number of ether oxygens (including phenoxy) is 1. The summed E-state index contributed by atoms with van der Waals surface area (Å²) in [4.78, 5) is 28.6. The van der Waals surface area contributed by atoms with E-state index in [0.717, 1.165) is 16.9 Å². The maximum absolute atomic E-state index is 13.1. The third-order valence-electron chi connectivity index (χ3n) is 4.52. The fraction of sp³-hybridized carbons (Fsp3) is 0.222. The third kappa shape index (κ3) is 1.65. The third-order valence-corrected chi connectivity index (χ3v) is 4.52. The summed E-state index contributed by atoms with van der Waals surface area (Å²) in [5.74, 6) is -0.473. The molecule has 0 radical (unpaired) electrons. The van der Waals surface area contributed by atoms with Crippen LogP contribution in [0.1, 0.15) is 18.1 Å². The largest absolute Gasteiger partial charge is 0.338 e. The van der Waals surface area contributed by atoms with Crippen molar-refractivity contribution in [3.05, 3.63) is 59.7 Å². The predicted octanol–water partition coefficient (Wildman–Crippen LogP) is 2.40. The number of hydrogen-bond acceptors (Lipinski definition) is 3. The lowest BCUT2D eigenvalue weighted by Crippen LogP contribution is -2.58. The zero-order chi connectivity index (χ0) is 16.2. The Bertz CT molecular complexity index is 833.